The van der Waals surface area contributed by atoms with E-state index in [1.54, 1.807) is 28.6 Å². The van der Waals surface area contributed by atoms with E-state index >= 15 is 0 Å². The van der Waals surface area contributed by atoms with Crippen LogP contribution in [0.2, 0.25) is 0 Å². The average molecular weight is 487 g/mol. The molecule has 3 N–H and O–H groups in total. The number of amides is 2. The second-order valence-electron chi connectivity index (χ2n) is 9.25. The maximum atomic E-state index is 13.2. The van der Waals surface area contributed by atoms with Crippen LogP contribution in [-0.4, -0.2) is 80.4 Å². The lowest BCUT2D eigenvalue weighted by Gasteiger charge is -2.41. The Morgan fingerprint density at radius 2 is 1.89 bits per heavy atom. The number of carbonyl (C=O) groups excluding carboxylic acids is 1. The van der Waals surface area contributed by atoms with Crippen LogP contribution in [0, 0.1) is 13.8 Å². The number of carbonyl (C=O) groups is 1. The van der Waals surface area contributed by atoms with Crippen molar-refractivity contribution in [1.82, 2.24) is 29.6 Å². The first-order valence-corrected chi connectivity index (χ1v) is 11.4. The van der Waals surface area contributed by atoms with Crippen molar-refractivity contribution in [2.24, 2.45) is 7.05 Å². The van der Waals surface area contributed by atoms with Crippen LogP contribution in [-0.2, 0) is 7.05 Å². The summed E-state index contributed by atoms with van der Waals surface area (Å²) in [6.07, 6.45) is 0. The van der Waals surface area contributed by atoms with Gasteiger partial charge in [0.15, 0.2) is 5.65 Å². The number of piperazine rings is 1. The highest BCUT2D eigenvalue weighted by Gasteiger charge is 2.44. The Balaban J connectivity index is 1.27. The Hall–Kier alpha value is -3.77. The van der Waals surface area contributed by atoms with Gasteiger partial charge in [-0.15, -0.1) is 0 Å². The van der Waals surface area contributed by atoms with Gasteiger partial charge in [0.25, 0.3) is 5.92 Å². The molecule has 0 spiro atoms. The molecule has 1 atom stereocenters. The maximum absolute atomic E-state index is 13.2. The van der Waals surface area contributed by atoms with E-state index in [0.29, 0.717) is 42.5 Å². The van der Waals surface area contributed by atoms with Gasteiger partial charge >= 0.3 is 6.03 Å². The van der Waals surface area contributed by atoms with Crippen molar-refractivity contribution in [3.05, 3.63) is 23.5 Å². The van der Waals surface area contributed by atoms with E-state index in [1.165, 1.54) is 4.90 Å². The number of rotatable bonds is 3. The van der Waals surface area contributed by atoms with Crippen molar-refractivity contribution in [1.29, 1.82) is 0 Å². The molecule has 0 saturated carbocycles. The number of nitrogens with zero attached hydrogens (tertiary/aromatic N) is 8. The molecule has 0 bridgehead atoms. The summed E-state index contributed by atoms with van der Waals surface area (Å²) in [5.41, 5.74) is 8.59. The topological polar surface area (TPSA) is 121 Å². The van der Waals surface area contributed by atoms with Crippen LogP contribution in [0.4, 0.5) is 36.8 Å². The molecule has 0 aliphatic carbocycles. The Morgan fingerprint density at radius 1 is 1.14 bits per heavy atom. The summed E-state index contributed by atoms with van der Waals surface area (Å²) >= 11 is 0. The van der Waals surface area contributed by atoms with Gasteiger partial charge in [-0.05, 0) is 32.9 Å². The molecular weight excluding hydrogens is 458 g/mol. The number of fused-ring (bicyclic) bond motifs is 1. The third kappa shape index (κ3) is 4.15. The van der Waals surface area contributed by atoms with E-state index in [1.807, 2.05) is 20.9 Å². The minimum absolute atomic E-state index is 0.0266. The normalized spacial score (nSPS) is 19.7. The quantitative estimate of drug-likeness (QED) is 0.578. The number of pyridine rings is 1. The Kier molecular flexibility index (Phi) is 5.37. The molecule has 13 heteroatoms. The molecule has 35 heavy (non-hydrogen) atoms. The van der Waals surface area contributed by atoms with Crippen LogP contribution in [0.25, 0.3) is 11.0 Å². The largest absolute Gasteiger partial charge is 0.368 e. The van der Waals surface area contributed by atoms with Gasteiger partial charge in [-0.3, -0.25) is 0 Å². The summed E-state index contributed by atoms with van der Waals surface area (Å²) in [5, 5.41) is 8.21. The first-order chi connectivity index (χ1) is 16.5. The number of alkyl halides is 2. The van der Waals surface area contributed by atoms with Gasteiger partial charge in [0, 0.05) is 32.7 Å². The number of hydrogen-bond donors (Lipinski definition) is 2. The summed E-state index contributed by atoms with van der Waals surface area (Å²) in [6.45, 7) is 6.53. The highest BCUT2D eigenvalue weighted by atomic mass is 19.3. The molecular formula is C22H28F2N10O. The van der Waals surface area contributed by atoms with Crippen molar-refractivity contribution in [2.45, 2.75) is 32.7 Å². The molecule has 186 valence electrons. The second kappa shape index (κ2) is 8.17. The lowest BCUT2D eigenvalue weighted by Crippen LogP contribution is -2.56. The predicted molar refractivity (Wildman–Crippen MR) is 129 cm³/mol. The number of aromatic nitrogens is 5. The molecule has 3 aromatic heterocycles. The van der Waals surface area contributed by atoms with E-state index in [-0.39, 0.29) is 31.1 Å². The molecule has 0 radical (unpaired) electrons. The smallest absolute Gasteiger partial charge is 0.322 e. The third-order valence-corrected chi connectivity index (χ3v) is 6.52. The number of anilines is 4. The lowest BCUT2D eigenvalue weighted by atomic mass is 10.1. The molecule has 11 nitrogen and oxygen atoms in total. The van der Waals surface area contributed by atoms with Crippen LogP contribution >= 0.6 is 0 Å². The van der Waals surface area contributed by atoms with E-state index in [4.69, 9.17) is 5.73 Å². The van der Waals surface area contributed by atoms with Gasteiger partial charge < -0.3 is 25.8 Å². The number of nitrogens with two attached hydrogens (primary N) is 1. The first-order valence-electron chi connectivity index (χ1n) is 11.4. The zero-order chi connectivity index (χ0) is 25.1. The van der Waals surface area contributed by atoms with Crippen molar-refractivity contribution >= 4 is 40.3 Å². The van der Waals surface area contributed by atoms with Crippen molar-refractivity contribution in [3.63, 3.8) is 0 Å². The molecule has 2 fully saturated rings. The monoisotopic (exact) mass is 486 g/mol. The van der Waals surface area contributed by atoms with Crippen LogP contribution in [0.15, 0.2) is 12.1 Å². The summed E-state index contributed by atoms with van der Waals surface area (Å²) < 4.78 is 28.0. The molecule has 0 aromatic carbocycles. The summed E-state index contributed by atoms with van der Waals surface area (Å²) in [5.74, 6) is -1.29. The van der Waals surface area contributed by atoms with E-state index < -0.39 is 5.92 Å². The molecule has 3 aromatic rings. The minimum atomic E-state index is -2.67. The molecule has 2 aliphatic rings. The standard InChI is InChI=1S/C22H28F2N10O/c1-12-9-32(7-8-34(12)19-17-14(3)30-31(4)18(17)28-20(25)29-19)21(35)27-15-5-6-16(26-13(15)2)33-10-22(23,24)11-33/h5-6,12H,7-11H2,1-4H3,(H,27,35)(H2,25,28,29). The molecule has 1 unspecified atom stereocenters. The molecule has 2 amide bonds. The van der Waals surface area contributed by atoms with Gasteiger partial charge in [-0.25, -0.2) is 23.2 Å². The Labute approximate surface area is 200 Å². The fourth-order valence-electron chi connectivity index (χ4n) is 4.72. The summed E-state index contributed by atoms with van der Waals surface area (Å²) in [7, 11) is 1.82. The zero-order valence-electron chi connectivity index (χ0n) is 20.1. The molecule has 5 heterocycles. The number of aryl methyl sites for hydroxylation is 3. The SMILES string of the molecule is Cc1nc(N2CC(F)(F)C2)ccc1NC(=O)N1CCN(c2nc(N)nc3c2c(C)nn3C)C(C)C1. The van der Waals surface area contributed by atoms with E-state index in [0.717, 1.165) is 16.9 Å². The van der Waals surface area contributed by atoms with Crippen molar-refractivity contribution in [2.75, 3.05) is 53.6 Å². The number of hydrogen-bond acceptors (Lipinski definition) is 8. The van der Waals surface area contributed by atoms with Gasteiger partial charge in [-0.1, -0.05) is 0 Å². The second-order valence-corrected chi connectivity index (χ2v) is 9.25. The third-order valence-electron chi connectivity index (χ3n) is 6.52. The summed E-state index contributed by atoms with van der Waals surface area (Å²) in [4.78, 5) is 31.6. The van der Waals surface area contributed by atoms with Gasteiger partial charge in [0.2, 0.25) is 5.95 Å². The van der Waals surface area contributed by atoms with Crippen molar-refractivity contribution < 1.29 is 13.6 Å². The Bertz CT molecular complexity index is 1300. The highest BCUT2D eigenvalue weighted by Crippen LogP contribution is 2.32. The maximum Gasteiger partial charge on any atom is 0.322 e. The fourth-order valence-corrected chi connectivity index (χ4v) is 4.72. The number of nitrogen functional groups attached to an aromatic ring is 1. The number of nitrogens with one attached hydrogen (secondary N) is 1. The predicted octanol–water partition coefficient (Wildman–Crippen LogP) is 2.16. The van der Waals surface area contributed by atoms with Crippen LogP contribution in [0.5, 0.6) is 0 Å². The van der Waals surface area contributed by atoms with Gasteiger partial charge in [0.1, 0.15) is 11.6 Å². The van der Waals surface area contributed by atoms with Crippen molar-refractivity contribution in [3.8, 4) is 0 Å². The average Bonchev–Trinajstić information content (AvgIpc) is 3.06. The fraction of sp³-hybridized carbons (Fsp3) is 0.500. The molecule has 2 aliphatic heterocycles. The van der Waals surface area contributed by atoms with Gasteiger partial charge in [0.05, 0.1) is 35.6 Å². The summed E-state index contributed by atoms with van der Waals surface area (Å²) in [6, 6.07) is 3.09. The van der Waals surface area contributed by atoms with E-state index in [9.17, 15) is 13.6 Å². The number of halogens is 2. The molecule has 2 saturated heterocycles. The lowest BCUT2D eigenvalue weighted by molar-refractivity contribution is -0.0267. The Morgan fingerprint density at radius 3 is 2.54 bits per heavy atom. The molecule has 5 rings (SSSR count). The van der Waals surface area contributed by atoms with Crippen LogP contribution in [0.1, 0.15) is 18.3 Å². The minimum Gasteiger partial charge on any atom is -0.368 e. The first kappa shape index (κ1) is 23.0. The zero-order valence-corrected chi connectivity index (χ0v) is 20.1. The highest BCUT2D eigenvalue weighted by molar-refractivity contribution is 5.92. The van der Waals surface area contributed by atoms with E-state index in [2.05, 4.69) is 30.3 Å². The van der Waals surface area contributed by atoms with Crippen LogP contribution in [0.3, 0.4) is 0 Å². The van der Waals surface area contributed by atoms with Gasteiger partial charge in [-0.2, -0.15) is 15.1 Å². The van der Waals surface area contributed by atoms with Crippen LogP contribution < -0.4 is 20.9 Å². The number of urea groups is 1.